The second-order valence-electron chi connectivity index (χ2n) is 6.42. The Kier molecular flexibility index (Phi) is 5.12. The van der Waals surface area contributed by atoms with Crippen LogP contribution >= 0.6 is 0 Å². The van der Waals surface area contributed by atoms with Crippen LogP contribution in [0.4, 0.5) is 4.79 Å². The molecule has 1 amide bonds. The Morgan fingerprint density at radius 2 is 2.29 bits per heavy atom. The third kappa shape index (κ3) is 5.67. The number of nitrogens with one attached hydrogen (secondary N) is 1. The van der Waals surface area contributed by atoms with Gasteiger partial charge in [-0.1, -0.05) is 0 Å². The SMILES string of the molecule is CC(C)(C)OC(=O)NC1CCCN(Cc2cnccn2)C1. The van der Waals surface area contributed by atoms with Gasteiger partial charge in [0.2, 0.25) is 0 Å². The molecule has 1 fully saturated rings. The first-order chi connectivity index (χ1) is 9.92. The summed E-state index contributed by atoms with van der Waals surface area (Å²) in [7, 11) is 0. The molecule has 1 unspecified atom stereocenters. The summed E-state index contributed by atoms with van der Waals surface area (Å²) in [5.74, 6) is 0. The van der Waals surface area contributed by atoms with Crippen molar-refractivity contribution in [3.8, 4) is 0 Å². The standard InChI is InChI=1S/C15H24N4O2/c1-15(2,3)21-14(20)18-12-5-4-8-19(10-12)11-13-9-16-6-7-17-13/h6-7,9,12H,4-5,8,10-11H2,1-3H3,(H,18,20). The van der Waals surface area contributed by atoms with Crippen LogP contribution in [0.15, 0.2) is 18.6 Å². The van der Waals surface area contributed by atoms with Crippen LogP contribution in [0.1, 0.15) is 39.3 Å². The number of hydrogen-bond donors (Lipinski definition) is 1. The quantitative estimate of drug-likeness (QED) is 0.922. The van der Waals surface area contributed by atoms with E-state index in [0.717, 1.165) is 38.2 Å². The van der Waals surface area contributed by atoms with Crippen molar-refractivity contribution in [3.63, 3.8) is 0 Å². The Labute approximate surface area is 125 Å². The monoisotopic (exact) mass is 292 g/mol. The van der Waals surface area contributed by atoms with E-state index < -0.39 is 5.60 Å². The van der Waals surface area contributed by atoms with Crippen LogP contribution in [0, 0.1) is 0 Å². The van der Waals surface area contributed by atoms with E-state index in [9.17, 15) is 4.79 Å². The number of piperidine rings is 1. The Morgan fingerprint density at radius 1 is 1.48 bits per heavy atom. The molecule has 116 valence electrons. The van der Waals surface area contributed by atoms with Crippen molar-refractivity contribution in [2.24, 2.45) is 0 Å². The molecule has 1 atom stereocenters. The molecule has 0 radical (unpaired) electrons. The second kappa shape index (κ2) is 6.85. The highest BCUT2D eigenvalue weighted by Crippen LogP contribution is 2.14. The predicted molar refractivity (Wildman–Crippen MR) is 79.7 cm³/mol. The molecular weight excluding hydrogens is 268 g/mol. The van der Waals surface area contributed by atoms with Crippen LogP contribution in [-0.4, -0.2) is 45.7 Å². The zero-order chi connectivity index (χ0) is 15.3. The first-order valence-electron chi connectivity index (χ1n) is 7.39. The molecular formula is C15H24N4O2. The molecule has 21 heavy (non-hydrogen) atoms. The smallest absolute Gasteiger partial charge is 0.407 e. The first kappa shape index (κ1) is 15.7. The number of rotatable bonds is 3. The average molecular weight is 292 g/mol. The van der Waals surface area contributed by atoms with Crippen molar-refractivity contribution < 1.29 is 9.53 Å². The van der Waals surface area contributed by atoms with Gasteiger partial charge in [0.25, 0.3) is 0 Å². The molecule has 2 heterocycles. The third-order valence-corrected chi connectivity index (χ3v) is 3.23. The number of hydrogen-bond acceptors (Lipinski definition) is 5. The van der Waals surface area contributed by atoms with Crippen LogP contribution in [0.5, 0.6) is 0 Å². The van der Waals surface area contributed by atoms with E-state index in [1.165, 1.54) is 0 Å². The van der Waals surface area contributed by atoms with E-state index in [2.05, 4.69) is 20.2 Å². The Balaban J connectivity index is 1.82. The van der Waals surface area contributed by atoms with Crippen molar-refractivity contribution in [2.45, 2.75) is 51.8 Å². The van der Waals surface area contributed by atoms with Gasteiger partial charge in [0.1, 0.15) is 5.60 Å². The molecule has 1 aliphatic rings. The lowest BCUT2D eigenvalue weighted by molar-refractivity contribution is 0.0470. The minimum Gasteiger partial charge on any atom is -0.444 e. The fourth-order valence-electron chi connectivity index (χ4n) is 2.43. The predicted octanol–water partition coefficient (Wildman–Crippen LogP) is 1.97. The normalized spacial score (nSPS) is 20.0. The van der Waals surface area contributed by atoms with E-state index in [0.29, 0.717) is 0 Å². The fourth-order valence-corrected chi connectivity index (χ4v) is 2.43. The first-order valence-corrected chi connectivity index (χ1v) is 7.39. The van der Waals surface area contributed by atoms with E-state index in [1.807, 2.05) is 20.8 Å². The summed E-state index contributed by atoms with van der Waals surface area (Å²) in [5, 5.41) is 2.95. The van der Waals surface area contributed by atoms with Crippen LogP contribution < -0.4 is 5.32 Å². The van der Waals surface area contributed by atoms with E-state index in [-0.39, 0.29) is 12.1 Å². The number of amides is 1. The van der Waals surface area contributed by atoms with Crippen LogP contribution in [-0.2, 0) is 11.3 Å². The van der Waals surface area contributed by atoms with Gasteiger partial charge in [-0.2, -0.15) is 0 Å². The zero-order valence-corrected chi connectivity index (χ0v) is 13.0. The molecule has 6 nitrogen and oxygen atoms in total. The van der Waals surface area contributed by atoms with Gasteiger partial charge in [-0.3, -0.25) is 14.9 Å². The molecule has 1 aromatic rings. The molecule has 1 saturated heterocycles. The molecule has 0 aromatic carbocycles. The van der Waals surface area contributed by atoms with Crippen LogP contribution in [0.25, 0.3) is 0 Å². The number of ether oxygens (including phenoxy) is 1. The number of nitrogens with zero attached hydrogens (tertiary/aromatic N) is 3. The van der Waals surface area contributed by atoms with Crippen molar-refractivity contribution in [1.82, 2.24) is 20.2 Å². The topological polar surface area (TPSA) is 67.3 Å². The largest absolute Gasteiger partial charge is 0.444 e. The second-order valence-corrected chi connectivity index (χ2v) is 6.42. The Hall–Kier alpha value is -1.69. The van der Waals surface area contributed by atoms with E-state index in [1.54, 1.807) is 18.6 Å². The van der Waals surface area contributed by atoms with E-state index >= 15 is 0 Å². The van der Waals surface area contributed by atoms with Crippen molar-refractivity contribution in [3.05, 3.63) is 24.3 Å². The molecule has 2 rings (SSSR count). The summed E-state index contributed by atoms with van der Waals surface area (Å²) in [6.45, 7) is 8.20. The van der Waals surface area contributed by atoms with Crippen LogP contribution in [0.3, 0.4) is 0 Å². The summed E-state index contributed by atoms with van der Waals surface area (Å²) in [4.78, 5) is 22.5. The maximum absolute atomic E-state index is 11.8. The van der Waals surface area contributed by atoms with Gasteiger partial charge in [0.15, 0.2) is 0 Å². The van der Waals surface area contributed by atoms with Gasteiger partial charge in [0, 0.05) is 37.7 Å². The van der Waals surface area contributed by atoms with Gasteiger partial charge < -0.3 is 10.1 Å². The van der Waals surface area contributed by atoms with Gasteiger partial charge in [-0.15, -0.1) is 0 Å². The molecule has 1 aliphatic heterocycles. The van der Waals surface area contributed by atoms with Crippen LogP contribution in [0.2, 0.25) is 0 Å². The van der Waals surface area contributed by atoms with Crippen molar-refractivity contribution in [1.29, 1.82) is 0 Å². The van der Waals surface area contributed by atoms with Gasteiger partial charge in [0.05, 0.1) is 5.69 Å². The highest BCUT2D eigenvalue weighted by molar-refractivity contribution is 5.68. The summed E-state index contributed by atoms with van der Waals surface area (Å²) >= 11 is 0. The summed E-state index contributed by atoms with van der Waals surface area (Å²) in [6.07, 6.45) is 6.86. The maximum atomic E-state index is 11.8. The van der Waals surface area contributed by atoms with E-state index in [4.69, 9.17) is 4.74 Å². The molecule has 6 heteroatoms. The summed E-state index contributed by atoms with van der Waals surface area (Å²) in [5.41, 5.74) is 0.494. The van der Waals surface area contributed by atoms with Gasteiger partial charge in [-0.25, -0.2) is 4.79 Å². The molecule has 1 aromatic heterocycles. The zero-order valence-electron chi connectivity index (χ0n) is 13.0. The minimum absolute atomic E-state index is 0.130. The minimum atomic E-state index is -0.460. The number of carbonyl (C=O) groups excluding carboxylic acids is 1. The number of aromatic nitrogens is 2. The highest BCUT2D eigenvalue weighted by atomic mass is 16.6. The van der Waals surface area contributed by atoms with Crippen molar-refractivity contribution in [2.75, 3.05) is 13.1 Å². The lowest BCUT2D eigenvalue weighted by Crippen LogP contribution is -2.48. The molecule has 1 N–H and O–H groups in total. The summed E-state index contributed by atoms with van der Waals surface area (Å²) < 4.78 is 5.30. The molecule has 0 bridgehead atoms. The van der Waals surface area contributed by atoms with Crippen molar-refractivity contribution >= 4 is 6.09 Å². The van der Waals surface area contributed by atoms with Gasteiger partial charge in [-0.05, 0) is 40.2 Å². The molecule has 0 spiro atoms. The Morgan fingerprint density at radius 3 is 2.95 bits per heavy atom. The number of carbonyl (C=O) groups is 1. The average Bonchev–Trinajstić information content (AvgIpc) is 2.38. The highest BCUT2D eigenvalue weighted by Gasteiger charge is 2.24. The molecule has 0 saturated carbocycles. The summed E-state index contributed by atoms with van der Waals surface area (Å²) in [6, 6.07) is 0.130. The lowest BCUT2D eigenvalue weighted by Gasteiger charge is -2.33. The van der Waals surface area contributed by atoms with Gasteiger partial charge >= 0.3 is 6.09 Å². The number of alkyl carbamates (subject to hydrolysis) is 1. The fraction of sp³-hybridized carbons (Fsp3) is 0.667. The lowest BCUT2D eigenvalue weighted by atomic mass is 10.1. The Bertz CT molecular complexity index is 458. The number of likely N-dealkylation sites (tertiary alicyclic amines) is 1. The maximum Gasteiger partial charge on any atom is 0.407 e. The third-order valence-electron chi connectivity index (χ3n) is 3.23. The molecule has 0 aliphatic carbocycles.